The molecule has 0 spiro atoms. The molecule has 2 atom stereocenters. The summed E-state index contributed by atoms with van der Waals surface area (Å²) in [6.07, 6.45) is -5.06. The van der Waals surface area contributed by atoms with E-state index < -0.39 is 40.8 Å². The van der Waals surface area contributed by atoms with E-state index in [4.69, 9.17) is 9.47 Å². The van der Waals surface area contributed by atoms with Crippen molar-refractivity contribution in [1.82, 2.24) is 0 Å². The van der Waals surface area contributed by atoms with Gasteiger partial charge >= 0.3 is 18.1 Å². The van der Waals surface area contributed by atoms with Gasteiger partial charge in [0.1, 0.15) is 0 Å². The van der Waals surface area contributed by atoms with Gasteiger partial charge in [0.15, 0.2) is 5.54 Å². The van der Waals surface area contributed by atoms with Crippen LogP contribution in [-0.2, 0) is 24.6 Å². The van der Waals surface area contributed by atoms with Crippen LogP contribution in [0.5, 0.6) is 0 Å². The lowest BCUT2D eigenvalue weighted by atomic mass is 9.80. The monoisotopic (exact) mass is 481 g/mol. The highest BCUT2D eigenvalue weighted by Gasteiger charge is 2.71. The summed E-state index contributed by atoms with van der Waals surface area (Å²) in [5.41, 5.74) is -4.02. The van der Waals surface area contributed by atoms with Gasteiger partial charge in [0.05, 0.1) is 31.4 Å². The number of benzene rings is 3. The summed E-state index contributed by atoms with van der Waals surface area (Å²) in [7, 11) is 2.05. The Hall–Kier alpha value is -4.07. The lowest BCUT2D eigenvalue weighted by Crippen LogP contribution is -2.56. The minimum atomic E-state index is -5.06. The van der Waals surface area contributed by atoms with E-state index in [0.717, 1.165) is 19.1 Å². The van der Waals surface area contributed by atoms with Gasteiger partial charge in [-0.25, -0.2) is 9.59 Å². The van der Waals surface area contributed by atoms with E-state index >= 15 is 13.2 Å². The van der Waals surface area contributed by atoms with Crippen LogP contribution in [0.1, 0.15) is 17.2 Å². The molecule has 0 amide bonds. The van der Waals surface area contributed by atoms with E-state index in [-0.39, 0.29) is 11.3 Å². The summed E-state index contributed by atoms with van der Waals surface area (Å²) in [6, 6.07) is 21.9. The number of ether oxygens (including phenoxy) is 2. The number of nitrogens with zero attached hydrogens (tertiary/aromatic N) is 1. The van der Waals surface area contributed by atoms with Gasteiger partial charge in [-0.1, -0.05) is 78.9 Å². The fourth-order valence-electron chi connectivity index (χ4n) is 4.75. The first-order valence-corrected chi connectivity index (χ1v) is 10.7. The number of alkyl halides is 3. The van der Waals surface area contributed by atoms with Gasteiger partial charge in [0, 0.05) is 5.69 Å². The van der Waals surface area contributed by atoms with Crippen LogP contribution >= 0.6 is 0 Å². The number of methoxy groups -OCH3 is 2. The molecule has 0 bridgehead atoms. The number of hydrogen-bond donors (Lipinski definition) is 0. The number of anilines is 1. The lowest BCUT2D eigenvalue weighted by molar-refractivity contribution is -0.182. The molecule has 0 saturated heterocycles. The number of carbonyl (C=O) groups excluding carboxylic acids is 2. The number of halogens is 3. The van der Waals surface area contributed by atoms with Gasteiger partial charge in [0.25, 0.3) is 0 Å². The van der Waals surface area contributed by atoms with Crippen LogP contribution in [0.4, 0.5) is 18.9 Å². The Kier molecular flexibility index (Phi) is 6.39. The number of rotatable bonds is 5. The van der Waals surface area contributed by atoms with Crippen LogP contribution in [0.3, 0.4) is 0 Å². The Labute approximate surface area is 200 Å². The molecule has 35 heavy (non-hydrogen) atoms. The van der Waals surface area contributed by atoms with Crippen LogP contribution in [0.15, 0.2) is 102 Å². The van der Waals surface area contributed by atoms with Crippen molar-refractivity contribution >= 4 is 17.6 Å². The van der Waals surface area contributed by atoms with Gasteiger partial charge in [-0.05, 0) is 23.3 Å². The predicted octanol–water partition coefficient (Wildman–Crippen LogP) is 5.35. The van der Waals surface area contributed by atoms with Gasteiger partial charge < -0.3 is 14.4 Å². The van der Waals surface area contributed by atoms with Crippen LogP contribution in [0.2, 0.25) is 0 Å². The molecule has 0 radical (unpaired) electrons. The summed E-state index contributed by atoms with van der Waals surface area (Å²) in [5.74, 6) is -2.33. The third kappa shape index (κ3) is 3.75. The first-order chi connectivity index (χ1) is 16.8. The third-order valence-electron chi connectivity index (χ3n) is 6.07. The summed E-state index contributed by atoms with van der Waals surface area (Å²) in [5, 5.41) is 0. The normalized spacial score (nSPS) is 20.0. The highest BCUT2D eigenvalue weighted by Crippen LogP contribution is 2.61. The van der Waals surface area contributed by atoms with E-state index in [1.54, 1.807) is 54.6 Å². The van der Waals surface area contributed by atoms with Gasteiger partial charge in [0.2, 0.25) is 0 Å². The second kappa shape index (κ2) is 9.29. The second-order valence-corrected chi connectivity index (χ2v) is 7.86. The maximum absolute atomic E-state index is 15.6. The summed E-state index contributed by atoms with van der Waals surface area (Å²) >= 11 is 0. The first-order valence-electron chi connectivity index (χ1n) is 10.7. The van der Waals surface area contributed by atoms with Crippen molar-refractivity contribution in [2.45, 2.75) is 17.8 Å². The molecule has 0 fully saturated rings. The molecule has 1 aliphatic rings. The van der Waals surface area contributed by atoms with Crippen LogP contribution in [0, 0.1) is 0 Å². The van der Waals surface area contributed by atoms with Crippen molar-refractivity contribution in [3.8, 4) is 0 Å². The van der Waals surface area contributed by atoms with Gasteiger partial charge in [-0.2, -0.15) is 13.2 Å². The minimum Gasteiger partial charge on any atom is -0.466 e. The highest BCUT2D eigenvalue weighted by molar-refractivity contribution is 6.06. The Morgan fingerprint density at radius 2 is 1.26 bits per heavy atom. The standard InChI is InChI=1S/C27H22F3NO4/c1-34-24(32)21-22(25(33)35-2)26(27(28,29)30,19-14-8-4-9-15-19)31(20-16-10-5-11-17-20)23(21)18-12-6-3-7-13-18/h3-17,23H,1-2H3/t23-,26-/m0/s1. The number of esters is 2. The molecule has 1 heterocycles. The fourth-order valence-corrected chi connectivity index (χ4v) is 4.75. The smallest absolute Gasteiger partial charge is 0.420 e. The molecule has 3 aromatic carbocycles. The Morgan fingerprint density at radius 3 is 1.74 bits per heavy atom. The second-order valence-electron chi connectivity index (χ2n) is 7.86. The fraction of sp³-hybridized carbons (Fsp3) is 0.185. The predicted molar refractivity (Wildman–Crippen MR) is 123 cm³/mol. The number of para-hydroxylation sites is 1. The number of hydrogen-bond acceptors (Lipinski definition) is 5. The van der Waals surface area contributed by atoms with Crippen LogP contribution in [-0.4, -0.2) is 32.3 Å². The van der Waals surface area contributed by atoms with E-state index in [1.165, 1.54) is 36.4 Å². The lowest BCUT2D eigenvalue weighted by Gasteiger charge is -2.45. The molecule has 0 saturated carbocycles. The van der Waals surface area contributed by atoms with Crippen molar-refractivity contribution in [2.24, 2.45) is 0 Å². The SMILES string of the molecule is COC(=O)C1=C(C(=O)OC)[C@@](c2ccccc2)(C(F)(F)F)N(c2ccccc2)[C@H]1c1ccccc1. The molecule has 180 valence electrons. The van der Waals surface area contributed by atoms with Crippen molar-refractivity contribution in [3.05, 3.63) is 113 Å². The molecule has 3 aromatic rings. The average molecular weight is 481 g/mol. The zero-order chi connectivity index (χ0) is 25.2. The van der Waals surface area contributed by atoms with Crippen molar-refractivity contribution in [3.63, 3.8) is 0 Å². The number of carbonyl (C=O) groups is 2. The molecule has 0 N–H and O–H groups in total. The maximum Gasteiger partial charge on any atom is 0.420 e. The van der Waals surface area contributed by atoms with Crippen molar-refractivity contribution in [1.29, 1.82) is 0 Å². The Bertz CT molecular complexity index is 1240. The quantitative estimate of drug-likeness (QED) is 0.460. The van der Waals surface area contributed by atoms with Crippen LogP contribution < -0.4 is 4.90 Å². The van der Waals surface area contributed by atoms with E-state index in [9.17, 15) is 9.59 Å². The average Bonchev–Trinajstić information content (AvgIpc) is 3.22. The zero-order valence-corrected chi connectivity index (χ0v) is 19.0. The van der Waals surface area contributed by atoms with E-state index in [1.807, 2.05) is 0 Å². The molecular formula is C27H22F3NO4. The molecule has 1 aliphatic heterocycles. The molecule has 5 nitrogen and oxygen atoms in total. The maximum atomic E-state index is 15.6. The highest BCUT2D eigenvalue weighted by atomic mass is 19.4. The van der Waals surface area contributed by atoms with Crippen molar-refractivity contribution < 1.29 is 32.2 Å². The van der Waals surface area contributed by atoms with E-state index in [0.29, 0.717) is 5.56 Å². The summed E-state index contributed by atoms with van der Waals surface area (Å²) in [4.78, 5) is 27.5. The molecule has 0 unspecified atom stereocenters. The van der Waals surface area contributed by atoms with E-state index in [2.05, 4.69) is 0 Å². The third-order valence-corrected chi connectivity index (χ3v) is 6.07. The zero-order valence-electron chi connectivity index (χ0n) is 19.0. The van der Waals surface area contributed by atoms with Crippen LogP contribution in [0.25, 0.3) is 0 Å². The topological polar surface area (TPSA) is 55.8 Å². The molecule has 4 rings (SSSR count). The Balaban J connectivity index is 2.24. The molecule has 8 heteroatoms. The molecule has 0 aliphatic carbocycles. The first kappa shape index (κ1) is 24.1. The van der Waals surface area contributed by atoms with Gasteiger partial charge in [-0.3, -0.25) is 0 Å². The van der Waals surface area contributed by atoms with Crippen molar-refractivity contribution in [2.75, 3.05) is 19.1 Å². The summed E-state index contributed by atoms with van der Waals surface area (Å²) < 4.78 is 56.5. The Morgan fingerprint density at radius 1 is 0.771 bits per heavy atom. The minimum absolute atomic E-state index is 0.155. The largest absolute Gasteiger partial charge is 0.466 e. The van der Waals surface area contributed by atoms with Gasteiger partial charge in [-0.15, -0.1) is 0 Å². The molecule has 0 aromatic heterocycles. The summed E-state index contributed by atoms with van der Waals surface area (Å²) in [6.45, 7) is 0. The molecular weight excluding hydrogens is 459 g/mol.